The quantitative estimate of drug-likeness (QED) is 0.837. The van der Waals surface area contributed by atoms with Gasteiger partial charge in [0.1, 0.15) is 11.5 Å². The minimum atomic E-state index is -0.152. The Morgan fingerprint density at radius 3 is 2.35 bits per heavy atom. The normalized spacial score (nSPS) is 16.2. The lowest BCUT2D eigenvalue weighted by Crippen LogP contribution is -2.38. The first-order chi connectivity index (χ1) is 12.5. The molecule has 2 N–H and O–H groups in total. The van der Waals surface area contributed by atoms with E-state index in [4.69, 9.17) is 0 Å². The second-order valence-electron chi connectivity index (χ2n) is 7.24. The minimum Gasteiger partial charge on any atom is -0.508 e. The molecule has 0 heterocycles. The molecule has 1 saturated carbocycles. The van der Waals surface area contributed by atoms with Crippen LogP contribution in [-0.2, 0) is 4.79 Å². The van der Waals surface area contributed by atoms with Gasteiger partial charge < -0.3 is 15.1 Å². The van der Waals surface area contributed by atoms with Crippen molar-refractivity contribution in [2.24, 2.45) is 0 Å². The lowest BCUT2D eigenvalue weighted by molar-refractivity contribution is -0.132. The number of rotatable bonds is 5. The van der Waals surface area contributed by atoms with Crippen LogP contribution in [-0.4, -0.2) is 34.1 Å². The zero-order chi connectivity index (χ0) is 18.5. The highest BCUT2D eigenvalue weighted by Gasteiger charge is 2.26. The molecule has 0 aliphatic heterocycles. The Kier molecular flexibility index (Phi) is 5.82. The van der Waals surface area contributed by atoms with Crippen LogP contribution in [0.5, 0.6) is 11.5 Å². The maximum absolute atomic E-state index is 13.0. The van der Waals surface area contributed by atoms with Crippen molar-refractivity contribution >= 4 is 5.91 Å². The van der Waals surface area contributed by atoms with Crippen molar-refractivity contribution in [3.63, 3.8) is 0 Å². The first kappa shape index (κ1) is 18.3. The molecule has 1 unspecified atom stereocenters. The highest BCUT2D eigenvalue weighted by molar-refractivity contribution is 5.78. The van der Waals surface area contributed by atoms with Gasteiger partial charge in [-0.1, -0.05) is 43.5 Å². The Labute approximate surface area is 155 Å². The summed E-state index contributed by atoms with van der Waals surface area (Å²) in [5.74, 6) is 0.368. The fourth-order valence-electron chi connectivity index (χ4n) is 3.87. The second-order valence-corrected chi connectivity index (χ2v) is 7.24. The predicted octanol–water partition coefficient (Wildman–Crippen LogP) is 4.41. The van der Waals surface area contributed by atoms with E-state index in [1.165, 1.54) is 19.3 Å². The molecular formula is C22H27NO3. The summed E-state index contributed by atoms with van der Waals surface area (Å²) >= 11 is 0. The summed E-state index contributed by atoms with van der Waals surface area (Å²) in [4.78, 5) is 14.9. The molecule has 138 valence electrons. The molecule has 0 bridgehead atoms. The van der Waals surface area contributed by atoms with Crippen LogP contribution in [0.3, 0.4) is 0 Å². The largest absolute Gasteiger partial charge is 0.508 e. The molecule has 4 nitrogen and oxygen atoms in total. The van der Waals surface area contributed by atoms with Gasteiger partial charge in [0.05, 0.1) is 0 Å². The van der Waals surface area contributed by atoms with Gasteiger partial charge in [0.25, 0.3) is 0 Å². The van der Waals surface area contributed by atoms with E-state index in [2.05, 4.69) is 0 Å². The number of aromatic hydroxyl groups is 2. The molecule has 0 spiro atoms. The number of benzene rings is 2. The van der Waals surface area contributed by atoms with Crippen LogP contribution in [0.15, 0.2) is 48.5 Å². The number of phenols is 2. The van der Waals surface area contributed by atoms with Crippen LogP contribution in [0, 0.1) is 0 Å². The first-order valence-corrected chi connectivity index (χ1v) is 9.38. The van der Waals surface area contributed by atoms with Crippen molar-refractivity contribution in [2.45, 2.75) is 50.5 Å². The number of carbonyl (C=O) groups excluding carboxylic acids is 1. The molecule has 1 aliphatic carbocycles. The number of hydrogen-bond donors (Lipinski definition) is 2. The molecule has 0 saturated heterocycles. The Bertz CT molecular complexity index is 735. The van der Waals surface area contributed by atoms with Crippen molar-refractivity contribution in [3.05, 3.63) is 59.7 Å². The van der Waals surface area contributed by atoms with E-state index in [0.717, 1.165) is 24.0 Å². The van der Waals surface area contributed by atoms with E-state index in [1.807, 2.05) is 30.1 Å². The first-order valence-electron chi connectivity index (χ1n) is 9.38. The third kappa shape index (κ3) is 4.37. The third-order valence-electron chi connectivity index (χ3n) is 5.46. The van der Waals surface area contributed by atoms with Gasteiger partial charge in [-0.2, -0.15) is 0 Å². The molecule has 1 atom stereocenters. The van der Waals surface area contributed by atoms with Gasteiger partial charge in [0.2, 0.25) is 5.91 Å². The molecule has 0 radical (unpaired) electrons. The van der Waals surface area contributed by atoms with Crippen LogP contribution in [0.4, 0.5) is 0 Å². The van der Waals surface area contributed by atoms with Gasteiger partial charge in [-0.3, -0.25) is 4.79 Å². The molecule has 3 rings (SSSR count). The van der Waals surface area contributed by atoms with Crippen LogP contribution < -0.4 is 0 Å². The lowest BCUT2D eigenvalue weighted by Gasteiger charge is -2.32. The summed E-state index contributed by atoms with van der Waals surface area (Å²) in [5.41, 5.74) is 1.86. The zero-order valence-electron chi connectivity index (χ0n) is 15.3. The van der Waals surface area contributed by atoms with Crippen molar-refractivity contribution < 1.29 is 15.0 Å². The van der Waals surface area contributed by atoms with Crippen molar-refractivity contribution in [1.82, 2.24) is 4.90 Å². The maximum atomic E-state index is 13.0. The van der Waals surface area contributed by atoms with Crippen LogP contribution in [0.25, 0.3) is 0 Å². The van der Waals surface area contributed by atoms with Gasteiger partial charge in [-0.15, -0.1) is 0 Å². The van der Waals surface area contributed by atoms with Gasteiger partial charge in [-0.05, 0) is 48.2 Å². The predicted molar refractivity (Wildman–Crippen MR) is 102 cm³/mol. The smallest absolute Gasteiger partial charge is 0.223 e. The zero-order valence-corrected chi connectivity index (χ0v) is 15.3. The van der Waals surface area contributed by atoms with Gasteiger partial charge in [-0.25, -0.2) is 0 Å². The van der Waals surface area contributed by atoms with Crippen molar-refractivity contribution in [2.75, 3.05) is 7.05 Å². The lowest BCUT2D eigenvalue weighted by atomic mass is 9.87. The molecule has 0 aromatic heterocycles. The average Bonchev–Trinajstić information content (AvgIpc) is 2.67. The monoisotopic (exact) mass is 353 g/mol. The molecule has 2 aromatic rings. The molecular weight excluding hydrogens is 326 g/mol. The molecule has 1 fully saturated rings. The molecule has 1 aliphatic rings. The Morgan fingerprint density at radius 2 is 1.69 bits per heavy atom. The number of amides is 1. The van der Waals surface area contributed by atoms with Gasteiger partial charge in [0.15, 0.2) is 0 Å². The summed E-state index contributed by atoms with van der Waals surface area (Å²) < 4.78 is 0. The number of nitrogens with zero attached hydrogens (tertiary/aromatic N) is 1. The minimum absolute atomic E-state index is 0.123. The number of carbonyl (C=O) groups is 1. The third-order valence-corrected chi connectivity index (χ3v) is 5.46. The molecule has 2 aromatic carbocycles. The fraction of sp³-hybridized carbons (Fsp3) is 0.409. The second kappa shape index (κ2) is 8.26. The fourth-order valence-corrected chi connectivity index (χ4v) is 3.87. The van der Waals surface area contributed by atoms with E-state index >= 15 is 0 Å². The highest BCUT2D eigenvalue weighted by Crippen LogP contribution is 2.32. The van der Waals surface area contributed by atoms with Gasteiger partial charge >= 0.3 is 0 Å². The van der Waals surface area contributed by atoms with E-state index in [1.54, 1.807) is 30.3 Å². The molecule has 1 amide bonds. The maximum Gasteiger partial charge on any atom is 0.223 e. The summed E-state index contributed by atoms with van der Waals surface area (Å²) in [6.07, 6.45) is 6.15. The van der Waals surface area contributed by atoms with E-state index in [-0.39, 0.29) is 23.3 Å². The van der Waals surface area contributed by atoms with Crippen molar-refractivity contribution in [1.29, 1.82) is 0 Å². The summed E-state index contributed by atoms with van der Waals surface area (Å²) in [6, 6.07) is 14.4. The van der Waals surface area contributed by atoms with Crippen LogP contribution in [0.1, 0.15) is 55.6 Å². The van der Waals surface area contributed by atoms with Crippen molar-refractivity contribution in [3.8, 4) is 11.5 Å². The average molecular weight is 353 g/mol. The Morgan fingerprint density at radius 1 is 1.00 bits per heavy atom. The summed E-state index contributed by atoms with van der Waals surface area (Å²) in [7, 11) is 1.91. The molecule has 26 heavy (non-hydrogen) atoms. The van der Waals surface area contributed by atoms with Gasteiger partial charge in [0, 0.05) is 25.4 Å². The Hall–Kier alpha value is -2.49. The van der Waals surface area contributed by atoms with E-state index < -0.39 is 0 Å². The van der Waals surface area contributed by atoms with E-state index in [0.29, 0.717) is 12.5 Å². The summed E-state index contributed by atoms with van der Waals surface area (Å²) in [5, 5.41) is 19.4. The Balaban J connectivity index is 1.83. The van der Waals surface area contributed by atoms with E-state index in [9.17, 15) is 15.0 Å². The molecule has 4 heteroatoms. The number of hydrogen-bond acceptors (Lipinski definition) is 3. The standard InChI is InChI=1S/C22H27NO3/c1-23(18-7-3-2-4-8-18)22(26)15-21(16-10-12-19(24)13-11-16)17-6-5-9-20(25)14-17/h5-6,9-14,18,21,24-25H,2-4,7-8,15H2,1H3. The topological polar surface area (TPSA) is 60.8 Å². The SMILES string of the molecule is CN(C(=O)CC(c1ccc(O)cc1)c1cccc(O)c1)C1CCCCC1. The van der Waals surface area contributed by atoms with Crippen LogP contribution in [0.2, 0.25) is 0 Å². The highest BCUT2D eigenvalue weighted by atomic mass is 16.3. The number of phenolic OH excluding ortho intramolecular Hbond substituents is 2. The van der Waals surface area contributed by atoms with Crippen LogP contribution >= 0.6 is 0 Å². The summed E-state index contributed by atoms with van der Waals surface area (Å²) in [6.45, 7) is 0.